The van der Waals surface area contributed by atoms with Gasteiger partial charge >= 0.3 is 21.1 Å². The molecule has 6 heteroatoms. The summed E-state index contributed by atoms with van der Waals surface area (Å²) < 4.78 is 10.6. The maximum absolute atomic E-state index is 6.49. The maximum atomic E-state index is 6.49. The normalized spacial score (nSPS) is 11.6. The van der Waals surface area contributed by atoms with E-state index in [2.05, 4.69) is 126 Å². The first-order valence-corrected chi connectivity index (χ1v) is 15.3. The van der Waals surface area contributed by atoms with E-state index in [1.165, 1.54) is 10.9 Å². The molecule has 0 spiro atoms. The van der Waals surface area contributed by atoms with E-state index in [1.807, 2.05) is 35.1 Å². The second-order valence-electron chi connectivity index (χ2n) is 12.9. The van der Waals surface area contributed by atoms with Gasteiger partial charge in [-0.2, -0.15) is 16.7 Å². The molecule has 46 heavy (non-hydrogen) atoms. The van der Waals surface area contributed by atoms with Crippen LogP contribution in [0.3, 0.4) is 0 Å². The number of pyridine rings is 1. The Labute approximate surface area is 285 Å². The molecule has 0 atom stereocenters. The van der Waals surface area contributed by atoms with E-state index in [4.69, 9.17) is 14.8 Å². The summed E-state index contributed by atoms with van der Waals surface area (Å²) in [6, 6.07) is 36.5. The topological polar surface area (TPSA) is 44.9 Å². The molecule has 7 rings (SSSR count). The summed E-state index contributed by atoms with van der Waals surface area (Å²) in [7, 11) is 0. The molecule has 0 N–H and O–H groups in total. The summed E-state index contributed by atoms with van der Waals surface area (Å²) in [6.07, 6.45) is 1.86. The van der Waals surface area contributed by atoms with E-state index in [9.17, 15) is 0 Å². The fraction of sp³-hybridized carbons (Fsp3) is 0.200. The van der Waals surface area contributed by atoms with Gasteiger partial charge < -0.3 is 9.30 Å². The van der Waals surface area contributed by atoms with E-state index in [0.29, 0.717) is 11.5 Å². The Kier molecular flexibility index (Phi) is 8.25. The molecule has 0 unspecified atom stereocenters. The maximum Gasteiger partial charge on any atom is 2.00 e. The Balaban J connectivity index is 0.00000372. The van der Waals surface area contributed by atoms with E-state index >= 15 is 0 Å². The Bertz CT molecular complexity index is 2220. The molecule has 4 aromatic carbocycles. The molecular formula is C40H36N4OPt. The smallest absolute Gasteiger partial charge is 0.509 e. The minimum absolute atomic E-state index is 0. The summed E-state index contributed by atoms with van der Waals surface area (Å²) >= 11 is 0. The molecule has 3 heterocycles. The van der Waals surface area contributed by atoms with Crippen LogP contribution in [0.2, 0.25) is 0 Å². The first-order valence-electron chi connectivity index (χ1n) is 15.3. The first-order chi connectivity index (χ1) is 21.6. The first kappa shape index (κ1) is 31.5. The molecule has 0 amide bonds. The summed E-state index contributed by atoms with van der Waals surface area (Å²) in [5.74, 6) is 2.08. The summed E-state index contributed by atoms with van der Waals surface area (Å²) in [4.78, 5) is 4.75. The van der Waals surface area contributed by atoms with Gasteiger partial charge in [0.15, 0.2) is 0 Å². The number of hydrogen-bond acceptors (Lipinski definition) is 3. The van der Waals surface area contributed by atoms with Gasteiger partial charge in [-0.3, -0.25) is 4.68 Å². The quantitative estimate of drug-likeness (QED) is 0.163. The number of aryl methyl sites for hydroxylation is 3. The molecule has 3 aromatic heterocycles. The van der Waals surface area contributed by atoms with Gasteiger partial charge in [0.25, 0.3) is 0 Å². The molecule has 0 bridgehead atoms. The molecule has 5 nitrogen and oxygen atoms in total. The van der Waals surface area contributed by atoms with Crippen LogP contribution in [0.5, 0.6) is 11.5 Å². The van der Waals surface area contributed by atoms with Crippen molar-refractivity contribution in [3.63, 3.8) is 0 Å². The zero-order chi connectivity index (χ0) is 31.5. The van der Waals surface area contributed by atoms with Crippen LogP contribution in [-0.2, 0) is 26.5 Å². The molecule has 0 aliphatic carbocycles. The largest absolute Gasteiger partial charge is 2.00 e. The fourth-order valence-corrected chi connectivity index (χ4v) is 6.18. The standard InChI is InChI=1S/C40H36N4O.Pt/c1-25-17-18-41-38(21-25)43-36-16-13-30(40(5,6)7)22-35(36)34-15-14-32(24-37(34)43)45-33-20-26(2)19-31(23-33)44-28(4)39(27(3)42-44)29-11-9-8-10-12-29;/h8-22H,1-7H3;/q-2;+2. The van der Waals surface area contributed by atoms with Gasteiger partial charge in [0.05, 0.1) is 5.69 Å². The van der Waals surface area contributed by atoms with Crippen LogP contribution in [0, 0.1) is 39.8 Å². The van der Waals surface area contributed by atoms with Gasteiger partial charge in [0.2, 0.25) is 0 Å². The number of ether oxygens (including phenoxy) is 1. The number of hydrogen-bond donors (Lipinski definition) is 0. The zero-order valence-corrected chi connectivity index (χ0v) is 29.4. The SMILES string of the molecule is Cc1cc(Oc2[c-]c3c(cc2)c2cc(C(C)(C)C)ccc2n3-c2cc(C)ccn2)[c-]c(-n2nc(C)c(-c3ccccc3)c2C)c1.[Pt+2]. The zero-order valence-electron chi connectivity index (χ0n) is 27.2. The van der Waals surface area contributed by atoms with Crippen LogP contribution in [-0.4, -0.2) is 19.3 Å². The van der Waals surface area contributed by atoms with E-state index in [-0.39, 0.29) is 26.5 Å². The second kappa shape index (κ2) is 12.0. The Hall–Kier alpha value is -4.47. The van der Waals surface area contributed by atoms with E-state index in [1.54, 1.807) is 0 Å². The van der Waals surface area contributed by atoms with Gasteiger partial charge in [-0.05, 0) is 72.1 Å². The molecule has 0 fully saturated rings. The van der Waals surface area contributed by atoms with Gasteiger partial charge in [-0.15, -0.1) is 35.7 Å². The molecule has 7 aromatic rings. The summed E-state index contributed by atoms with van der Waals surface area (Å²) in [5, 5.41) is 7.18. The minimum atomic E-state index is 0. The third-order valence-corrected chi connectivity index (χ3v) is 8.42. The van der Waals surface area contributed by atoms with Crippen LogP contribution in [0.1, 0.15) is 48.8 Å². The monoisotopic (exact) mass is 783 g/mol. The van der Waals surface area contributed by atoms with Crippen LogP contribution in [0.25, 0.3) is 44.4 Å². The van der Waals surface area contributed by atoms with Crippen molar-refractivity contribution in [3.8, 4) is 34.1 Å². The van der Waals surface area contributed by atoms with Crippen molar-refractivity contribution in [2.45, 2.75) is 53.9 Å². The Morgan fingerprint density at radius 3 is 2.26 bits per heavy atom. The molecular weight excluding hydrogens is 748 g/mol. The van der Waals surface area contributed by atoms with Crippen molar-refractivity contribution < 1.29 is 25.8 Å². The van der Waals surface area contributed by atoms with Crippen LogP contribution < -0.4 is 4.74 Å². The number of nitrogens with zero attached hydrogens (tertiary/aromatic N) is 4. The van der Waals surface area contributed by atoms with Crippen molar-refractivity contribution in [3.05, 3.63) is 131 Å². The summed E-state index contributed by atoms with van der Waals surface area (Å²) in [5.41, 5.74) is 10.7. The predicted octanol–water partition coefficient (Wildman–Crippen LogP) is 9.95. The van der Waals surface area contributed by atoms with Gasteiger partial charge in [0.1, 0.15) is 5.82 Å². The average Bonchev–Trinajstić information content (AvgIpc) is 3.49. The second-order valence-corrected chi connectivity index (χ2v) is 12.9. The molecule has 232 valence electrons. The van der Waals surface area contributed by atoms with Crippen molar-refractivity contribution >= 4 is 21.8 Å². The van der Waals surface area contributed by atoms with E-state index in [0.717, 1.165) is 61.6 Å². The van der Waals surface area contributed by atoms with Gasteiger partial charge in [0, 0.05) is 34.5 Å². The summed E-state index contributed by atoms with van der Waals surface area (Å²) in [6.45, 7) is 15.0. The van der Waals surface area contributed by atoms with Crippen LogP contribution >= 0.6 is 0 Å². The average molecular weight is 784 g/mol. The van der Waals surface area contributed by atoms with Gasteiger partial charge in [-0.25, -0.2) is 4.98 Å². The van der Waals surface area contributed by atoms with Crippen LogP contribution in [0.4, 0.5) is 0 Å². The van der Waals surface area contributed by atoms with Crippen LogP contribution in [0.15, 0.2) is 91.1 Å². The molecule has 0 saturated carbocycles. The van der Waals surface area contributed by atoms with Crippen molar-refractivity contribution in [1.82, 2.24) is 19.3 Å². The van der Waals surface area contributed by atoms with Crippen molar-refractivity contribution in [1.29, 1.82) is 0 Å². The number of fused-ring (bicyclic) bond motifs is 3. The number of aromatic nitrogens is 4. The third kappa shape index (κ3) is 5.69. The van der Waals surface area contributed by atoms with E-state index < -0.39 is 0 Å². The third-order valence-electron chi connectivity index (χ3n) is 8.42. The Morgan fingerprint density at radius 1 is 0.739 bits per heavy atom. The number of rotatable bonds is 5. The Morgan fingerprint density at radius 2 is 1.52 bits per heavy atom. The van der Waals surface area contributed by atoms with Crippen molar-refractivity contribution in [2.75, 3.05) is 0 Å². The van der Waals surface area contributed by atoms with Crippen molar-refractivity contribution in [2.24, 2.45) is 0 Å². The van der Waals surface area contributed by atoms with Gasteiger partial charge in [-0.1, -0.05) is 75.7 Å². The molecule has 0 aliphatic heterocycles. The number of benzene rings is 4. The fourth-order valence-electron chi connectivity index (χ4n) is 6.18. The minimum Gasteiger partial charge on any atom is -0.509 e. The molecule has 0 saturated heterocycles. The molecule has 0 aliphatic rings. The predicted molar refractivity (Wildman–Crippen MR) is 183 cm³/mol. The molecule has 0 radical (unpaired) electrons.